The minimum atomic E-state index is 0.538. The summed E-state index contributed by atoms with van der Waals surface area (Å²) in [6, 6.07) is 0. The van der Waals surface area contributed by atoms with Gasteiger partial charge in [-0.2, -0.15) is 0 Å². The monoisotopic (exact) mass is 125 g/mol. The van der Waals surface area contributed by atoms with Gasteiger partial charge in [-0.3, -0.25) is 0 Å². The molecule has 0 nitrogen and oxygen atoms in total. The van der Waals surface area contributed by atoms with E-state index in [1.165, 1.54) is 32.1 Å². The van der Waals surface area contributed by atoms with E-state index in [0.29, 0.717) is 5.41 Å². The third kappa shape index (κ3) is 2.38. The Hall–Kier alpha value is 0. The van der Waals surface area contributed by atoms with E-state index in [1.807, 2.05) is 0 Å². The first-order chi connectivity index (χ1) is 4.21. The Bertz CT molecular complexity index is 72.0. The van der Waals surface area contributed by atoms with Crippen LogP contribution in [-0.4, -0.2) is 0 Å². The third-order valence-corrected chi connectivity index (χ3v) is 2.22. The zero-order chi connectivity index (χ0) is 6.74. The van der Waals surface area contributed by atoms with Crippen molar-refractivity contribution in [1.82, 2.24) is 0 Å². The van der Waals surface area contributed by atoms with E-state index < -0.39 is 0 Å². The second-order valence-corrected chi connectivity index (χ2v) is 3.79. The topological polar surface area (TPSA) is 0 Å². The van der Waals surface area contributed by atoms with Crippen molar-refractivity contribution in [2.75, 3.05) is 0 Å². The minimum absolute atomic E-state index is 0.538. The largest absolute Gasteiger partial charge is 0.0596 e. The molecule has 0 N–H and O–H groups in total. The molecule has 1 aliphatic rings. The minimum Gasteiger partial charge on any atom is -0.0596 e. The molecule has 0 aromatic carbocycles. The summed E-state index contributed by atoms with van der Waals surface area (Å²) in [6.45, 7) is 4.69. The molecule has 53 valence electrons. The molecular formula is C9H17. The Kier molecular flexibility index (Phi) is 2.15. The van der Waals surface area contributed by atoms with Crippen LogP contribution in [0.1, 0.15) is 46.0 Å². The Morgan fingerprint density at radius 2 is 1.89 bits per heavy atom. The molecule has 0 spiro atoms. The molecule has 1 rings (SSSR count). The molecule has 9 heavy (non-hydrogen) atoms. The average Bonchev–Trinajstić information content (AvgIpc) is 1.92. The van der Waals surface area contributed by atoms with Gasteiger partial charge < -0.3 is 0 Å². The molecule has 0 aromatic heterocycles. The highest BCUT2D eigenvalue weighted by molar-refractivity contribution is 4.86. The molecule has 0 atom stereocenters. The van der Waals surface area contributed by atoms with E-state index in [4.69, 9.17) is 0 Å². The van der Waals surface area contributed by atoms with Gasteiger partial charge in [0, 0.05) is 0 Å². The lowest BCUT2D eigenvalue weighted by atomic mass is 9.85. The highest BCUT2D eigenvalue weighted by Gasteiger charge is 2.18. The maximum Gasteiger partial charge on any atom is -0.0323 e. The normalized spacial score (nSPS) is 27.3. The maximum absolute atomic E-state index is 2.49. The van der Waals surface area contributed by atoms with E-state index in [0.717, 1.165) is 0 Å². The van der Waals surface area contributed by atoms with Crippen LogP contribution in [0.4, 0.5) is 0 Å². The Morgan fingerprint density at radius 1 is 1.11 bits per heavy atom. The van der Waals surface area contributed by atoms with Crippen LogP contribution in [0, 0.1) is 11.8 Å². The van der Waals surface area contributed by atoms with Gasteiger partial charge >= 0.3 is 0 Å². The predicted molar refractivity (Wildman–Crippen MR) is 41.2 cm³/mol. The molecule has 0 heterocycles. The standard InChI is InChI=1S/C9H17/c1-9(2)7-5-3-4-6-8-9/h7H,3-6,8H2,1-2H3. The van der Waals surface area contributed by atoms with Crippen molar-refractivity contribution in [3.05, 3.63) is 6.42 Å². The third-order valence-electron chi connectivity index (χ3n) is 2.22. The van der Waals surface area contributed by atoms with Crippen molar-refractivity contribution >= 4 is 0 Å². The van der Waals surface area contributed by atoms with Crippen molar-refractivity contribution in [1.29, 1.82) is 0 Å². The first-order valence-electron chi connectivity index (χ1n) is 4.05. The summed E-state index contributed by atoms with van der Waals surface area (Å²) < 4.78 is 0. The van der Waals surface area contributed by atoms with Crippen LogP contribution in [0.5, 0.6) is 0 Å². The fourth-order valence-electron chi connectivity index (χ4n) is 1.50. The second kappa shape index (κ2) is 2.72. The lowest BCUT2D eigenvalue weighted by Gasteiger charge is -2.20. The molecule has 0 unspecified atom stereocenters. The highest BCUT2D eigenvalue weighted by atomic mass is 14.2. The van der Waals surface area contributed by atoms with Crippen LogP contribution < -0.4 is 0 Å². The van der Waals surface area contributed by atoms with Crippen LogP contribution in [-0.2, 0) is 0 Å². The smallest absolute Gasteiger partial charge is 0.0323 e. The Labute approximate surface area is 58.7 Å². The molecule has 0 amide bonds. The molecule has 1 fully saturated rings. The van der Waals surface area contributed by atoms with E-state index in [9.17, 15) is 0 Å². The molecule has 0 aliphatic heterocycles. The van der Waals surface area contributed by atoms with Crippen LogP contribution in [0.3, 0.4) is 0 Å². The van der Waals surface area contributed by atoms with E-state index in [-0.39, 0.29) is 0 Å². The van der Waals surface area contributed by atoms with Crippen LogP contribution in [0.15, 0.2) is 0 Å². The molecule has 0 heteroatoms. The fourth-order valence-corrected chi connectivity index (χ4v) is 1.50. The van der Waals surface area contributed by atoms with Gasteiger partial charge in [0.15, 0.2) is 0 Å². The summed E-state index contributed by atoms with van der Waals surface area (Å²) in [4.78, 5) is 0. The number of rotatable bonds is 0. The van der Waals surface area contributed by atoms with Crippen LogP contribution in [0.2, 0.25) is 0 Å². The molecule has 1 radical (unpaired) electrons. The molecule has 0 saturated heterocycles. The van der Waals surface area contributed by atoms with Crippen molar-refractivity contribution in [2.45, 2.75) is 46.0 Å². The van der Waals surface area contributed by atoms with Gasteiger partial charge in [0.1, 0.15) is 0 Å². The molecule has 0 bridgehead atoms. The van der Waals surface area contributed by atoms with Gasteiger partial charge in [0.25, 0.3) is 0 Å². The van der Waals surface area contributed by atoms with E-state index in [1.54, 1.807) is 0 Å². The van der Waals surface area contributed by atoms with Gasteiger partial charge in [0.2, 0.25) is 0 Å². The van der Waals surface area contributed by atoms with Crippen molar-refractivity contribution in [3.63, 3.8) is 0 Å². The summed E-state index contributed by atoms with van der Waals surface area (Å²) in [5.41, 5.74) is 0.538. The maximum atomic E-state index is 2.49. The summed E-state index contributed by atoms with van der Waals surface area (Å²) in [5, 5.41) is 0. The molecule has 0 aromatic rings. The first-order valence-corrected chi connectivity index (χ1v) is 4.05. The summed E-state index contributed by atoms with van der Waals surface area (Å²) in [5.74, 6) is 0. The SMILES string of the molecule is CC1(C)[CH]CCCCC1. The Balaban J connectivity index is 2.36. The average molecular weight is 125 g/mol. The predicted octanol–water partition coefficient (Wildman–Crippen LogP) is 3.18. The zero-order valence-electron chi connectivity index (χ0n) is 6.61. The molecule has 1 saturated carbocycles. The summed E-state index contributed by atoms with van der Waals surface area (Å²) >= 11 is 0. The molecule has 1 aliphatic carbocycles. The lowest BCUT2D eigenvalue weighted by Crippen LogP contribution is -2.09. The summed E-state index contributed by atoms with van der Waals surface area (Å²) in [6.07, 6.45) is 9.52. The van der Waals surface area contributed by atoms with Gasteiger partial charge in [-0.1, -0.05) is 33.1 Å². The first kappa shape index (κ1) is 7.11. The van der Waals surface area contributed by atoms with Gasteiger partial charge in [-0.05, 0) is 24.7 Å². The Morgan fingerprint density at radius 3 is 2.67 bits per heavy atom. The molecular weight excluding hydrogens is 108 g/mol. The van der Waals surface area contributed by atoms with Crippen LogP contribution in [0.25, 0.3) is 0 Å². The van der Waals surface area contributed by atoms with E-state index >= 15 is 0 Å². The van der Waals surface area contributed by atoms with Crippen molar-refractivity contribution in [2.24, 2.45) is 5.41 Å². The van der Waals surface area contributed by atoms with E-state index in [2.05, 4.69) is 20.3 Å². The van der Waals surface area contributed by atoms with Gasteiger partial charge in [-0.15, -0.1) is 0 Å². The van der Waals surface area contributed by atoms with Gasteiger partial charge in [0.05, 0.1) is 0 Å². The highest BCUT2D eigenvalue weighted by Crippen LogP contribution is 2.32. The lowest BCUT2D eigenvalue weighted by molar-refractivity contribution is 0.396. The zero-order valence-corrected chi connectivity index (χ0v) is 6.61. The number of hydrogen-bond donors (Lipinski definition) is 0. The second-order valence-electron chi connectivity index (χ2n) is 3.79. The summed E-state index contributed by atoms with van der Waals surface area (Å²) in [7, 11) is 0. The quantitative estimate of drug-likeness (QED) is 0.436. The number of hydrogen-bond acceptors (Lipinski definition) is 0. The van der Waals surface area contributed by atoms with Gasteiger partial charge in [-0.25, -0.2) is 0 Å². The fraction of sp³-hybridized carbons (Fsp3) is 0.889. The van der Waals surface area contributed by atoms with Crippen molar-refractivity contribution in [3.8, 4) is 0 Å². The van der Waals surface area contributed by atoms with Crippen LogP contribution >= 0.6 is 0 Å². The van der Waals surface area contributed by atoms with Crippen molar-refractivity contribution < 1.29 is 0 Å².